The summed E-state index contributed by atoms with van der Waals surface area (Å²) in [5.74, 6) is 2.34. The van der Waals surface area contributed by atoms with Crippen molar-refractivity contribution in [1.29, 1.82) is 0 Å². The van der Waals surface area contributed by atoms with Crippen LogP contribution in [-0.2, 0) is 35.6 Å². The number of fused-ring (bicyclic) bond motifs is 2. The van der Waals surface area contributed by atoms with Crippen LogP contribution in [0.3, 0.4) is 0 Å². The molecule has 0 saturated heterocycles. The number of rotatable bonds is 23. The zero-order valence-electron chi connectivity index (χ0n) is 42.3. The van der Waals surface area contributed by atoms with Gasteiger partial charge in [0.15, 0.2) is 29.3 Å². The Labute approximate surface area is 433 Å². The SMILES string of the molecule is CCCC.COc1cc(C=O)c(NCC2Cc3ccccc3N2C)cc1OCc1cc(COc2cc(NCO)c(C(=O)N3CCc4ccccc43)cc2OC)cc(NC(=O)CCSC)c1.NC(=O)CCCS. The van der Waals surface area contributed by atoms with Gasteiger partial charge in [-0.2, -0.15) is 24.4 Å². The standard InChI is InChI=1S/C47H51N5O8S.C4H9NOS.C4H10/c1-51-36(20-33-10-6-7-11-40(33)51)25-48-38-23-44(42(57-2)21-34(38)26-53)59-27-30-17-31(19-35(18-30)50-46(55)14-16-61-4)28-60-45-24-39(49-29-54)37(22-43(45)58-3)47(56)52-15-13-32-9-5-8-12-41(32)52;5-4(6)2-1-3-7;1-3-4-2/h5-12,17-19,21-24,26,36,48-49,54H,13-16,20,25,27-29H2,1-4H3,(H,50,55);7H,1-3H2,(H2,5,6);3-4H2,1-2H3. The summed E-state index contributed by atoms with van der Waals surface area (Å²) < 4.78 is 24.1. The normalized spacial score (nSPS) is 13.0. The fourth-order valence-corrected chi connectivity index (χ4v) is 8.63. The van der Waals surface area contributed by atoms with Crippen LogP contribution in [0.1, 0.15) is 88.9 Å². The Morgan fingerprint density at radius 3 is 2.01 bits per heavy atom. The van der Waals surface area contributed by atoms with E-state index >= 15 is 0 Å². The van der Waals surface area contributed by atoms with Crippen LogP contribution in [0.25, 0.3) is 0 Å². The number of likely N-dealkylation sites (N-methyl/N-ethyl adjacent to an activating group) is 1. The second-order valence-corrected chi connectivity index (χ2v) is 18.5. The van der Waals surface area contributed by atoms with Crippen molar-refractivity contribution < 1.29 is 43.2 Å². The molecule has 6 N–H and O–H groups in total. The molecule has 7 rings (SSSR count). The molecule has 15 nitrogen and oxygen atoms in total. The Hall–Kier alpha value is -6.56. The topological polar surface area (TPSA) is 194 Å². The predicted octanol–water partition coefficient (Wildman–Crippen LogP) is 9.39. The first-order chi connectivity index (χ1) is 34.9. The number of thiol groups is 1. The number of carbonyl (C=O) groups excluding carboxylic acids is 4. The van der Waals surface area contributed by atoms with Gasteiger partial charge in [0.1, 0.15) is 19.9 Å². The summed E-state index contributed by atoms with van der Waals surface area (Å²) in [5, 5.41) is 19.3. The molecule has 0 bridgehead atoms. The number of carbonyl (C=O) groups is 4. The van der Waals surface area contributed by atoms with Crippen molar-refractivity contribution in [2.45, 2.75) is 78.0 Å². The number of nitrogens with one attached hydrogen (secondary N) is 3. The second-order valence-electron chi connectivity index (χ2n) is 17.1. The number of primary amides is 1. The number of para-hydroxylation sites is 2. The summed E-state index contributed by atoms with van der Waals surface area (Å²) in [6.45, 7) is 5.26. The molecule has 1 atom stereocenters. The highest BCUT2D eigenvalue weighted by molar-refractivity contribution is 7.98. The lowest BCUT2D eigenvalue weighted by atomic mass is 10.1. The Bertz CT molecular complexity index is 2600. The van der Waals surface area contributed by atoms with Gasteiger partial charge in [-0.3, -0.25) is 19.2 Å². The Morgan fingerprint density at radius 1 is 0.819 bits per heavy atom. The molecule has 0 spiro atoms. The number of nitrogens with zero attached hydrogens (tertiary/aromatic N) is 2. The molecule has 2 heterocycles. The quantitative estimate of drug-likeness (QED) is 0.0206. The third kappa shape index (κ3) is 15.7. The van der Waals surface area contributed by atoms with Gasteiger partial charge in [0.05, 0.1) is 31.5 Å². The maximum absolute atomic E-state index is 13.9. The van der Waals surface area contributed by atoms with Crippen molar-refractivity contribution in [2.24, 2.45) is 5.73 Å². The molecule has 5 aromatic rings. The first kappa shape index (κ1) is 56.4. The smallest absolute Gasteiger partial charge is 0.260 e. The van der Waals surface area contributed by atoms with Crippen LogP contribution in [0, 0.1) is 0 Å². The van der Waals surface area contributed by atoms with E-state index in [0.29, 0.717) is 82.9 Å². The maximum atomic E-state index is 13.9. The minimum atomic E-state index is -0.406. The van der Waals surface area contributed by atoms with E-state index in [9.17, 15) is 24.3 Å². The molecule has 2 aliphatic heterocycles. The lowest BCUT2D eigenvalue weighted by molar-refractivity contribution is -0.118. The molecule has 0 aliphatic carbocycles. The number of unbranched alkanes of at least 4 members (excludes halogenated alkanes) is 1. The molecule has 0 saturated carbocycles. The van der Waals surface area contributed by atoms with Crippen LogP contribution in [0.15, 0.2) is 91.0 Å². The minimum Gasteiger partial charge on any atom is -0.493 e. The van der Waals surface area contributed by atoms with Crippen LogP contribution in [0.2, 0.25) is 0 Å². The lowest BCUT2D eigenvalue weighted by Crippen LogP contribution is -2.34. The van der Waals surface area contributed by atoms with Crippen molar-refractivity contribution in [3.8, 4) is 23.0 Å². The molecule has 72 heavy (non-hydrogen) atoms. The van der Waals surface area contributed by atoms with Gasteiger partial charge in [-0.25, -0.2) is 0 Å². The lowest BCUT2D eigenvalue weighted by Gasteiger charge is -2.24. The van der Waals surface area contributed by atoms with Gasteiger partial charge in [-0.1, -0.05) is 63.1 Å². The summed E-state index contributed by atoms with van der Waals surface area (Å²) in [5.41, 5.74) is 13.1. The van der Waals surface area contributed by atoms with E-state index in [-0.39, 0.29) is 37.0 Å². The third-order valence-corrected chi connectivity index (χ3v) is 13.0. The molecular formula is C55H70N6O9S2. The van der Waals surface area contributed by atoms with Crippen molar-refractivity contribution in [2.75, 3.05) is 84.6 Å². The molecule has 386 valence electrons. The number of thioether (sulfide) groups is 1. The van der Waals surface area contributed by atoms with Gasteiger partial charge < -0.3 is 55.5 Å². The largest absolute Gasteiger partial charge is 0.493 e. The number of aliphatic hydroxyl groups excluding tert-OH is 1. The number of aliphatic hydroxyl groups is 1. The Kier molecular flexibility index (Phi) is 22.8. The fourth-order valence-electron chi connectivity index (χ4n) is 8.08. The van der Waals surface area contributed by atoms with E-state index in [0.717, 1.165) is 53.7 Å². The summed E-state index contributed by atoms with van der Waals surface area (Å²) in [7, 11) is 5.11. The van der Waals surface area contributed by atoms with Crippen LogP contribution < -0.4 is 50.4 Å². The van der Waals surface area contributed by atoms with Gasteiger partial charge in [-0.05, 0) is 96.0 Å². The van der Waals surface area contributed by atoms with Gasteiger partial charge in [-0.15, -0.1) is 0 Å². The van der Waals surface area contributed by atoms with E-state index < -0.39 is 6.73 Å². The molecule has 17 heteroatoms. The molecule has 3 amide bonds. The number of methoxy groups -OCH3 is 2. The molecule has 1 unspecified atom stereocenters. The van der Waals surface area contributed by atoms with Gasteiger partial charge in [0, 0.05) is 79.2 Å². The number of aldehydes is 1. The molecule has 0 aromatic heterocycles. The highest BCUT2D eigenvalue weighted by Crippen LogP contribution is 2.38. The summed E-state index contributed by atoms with van der Waals surface area (Å²) in [4.78, 5) is 53.0. The highest BCUT2D eigenvalue weighted by Gasteiger charge is 2.29. The average molecular weight is 1020 g/mol. The first-order valence-corrected chi connectivity index (χ1v) is 26.2. The number of nitrogens with two attached hydrogens (primary N) is 1. The summed E-state index contributed by atoms with van der Waals surface area (Å²) in [6, 6.07) is 28.7. The molecule has 5 aromatic carbocycles. The van der Waals surface area contributed by atoms with Crippen LogP contribution in [0.4, 0.5) is 28.4 Å². The number of hydrogen-bond acceptors (Lipinski definition) is 14. The molecule has 0 radical (unpaired) electrons. The van der Waals surface area contributed by atoms with Crippen LogP contribution in [-0.4, -0.2) is 94.0 Å². The zero-order valence-corrected chi connectivity index (χ0v) is 44.0. The third-order valence-electron chi connectivity index (χ3n) is 12.0. The number of ether oxygens (including phenoxy) is 4. The fraction of sp³-hybridized carbons (Fsp3) is 0.382. The molecule has 2 aliphatic rings. The van der Waals surface area contributed by atoms with Crippen molar-refractivity contribution in [1.82, 2.24) is 0 Å². The van der Waals surface area contributed by atoms with Gasteiger partial charge >= 0.3 is 0 Å². The van der Waals surface area contributed by atoms with Crippen molar-refractivity contribution in [3.63, 3.8) is 0 Å². The monoisotopic (exact) mass is 1020 g/mol. The van der Waals surface area contributed by atoms with E-state index in [1.54, 1.807) is 40.9 Å². The van der Waals surface area contributed by atoms with Crippen molar-refractivity contribution >= 4 is 76.8 Å². The van der Waals surface area contributed by atoms with E-state index in [2.05, 4.69) is 66.5 Å². The van der Waals surface area contributed by atoms with E-state index in [1.807, 2.05) is 60.9 Å². The Morgan fingerprint density at radius 2 is 1.44 bits per heavy atom. The molecular weight excluding hydrogens is 953 g/mol. The first-order valence-electron chi connectivity index (χ1n) is 24.2. The predicted molar refractivity (Wildman–Crippen MR) is 294 cm³/mol. The number of amides is 3. The van der Waals surface area contributed by atoms with Gasteiger partial charge in [0.25, 0.3) is 5.91 Å². The maximum Gasteiger partial charge on any atom is 0.260 e. The highest BCUT2D eigenvalue weighted by atomic mass is 32.2. The van der Waals surface area contributed by atoms with Crippen LogP contribution >= 0.6 is 24.4 Å². The van der Waals surface area contributed by atoms with Crippen LogP contribution in [0.5, 0.6) is 23.0 Å². The number of hydrogen-bond donors (Lipinski definition) is 6. The summed E-state index contributed by atoms with van der Waals surface area (Å²) >= 11 is 5.48. The minimum absolute atomic E-state index is 0.0636. The Balaban J connectivity index is 0.000000789. The average Bonchev–Trinajstić information content (AvgIpc) is 3.98. The van der Waals surface area contributed by atoms with Gasteiger partial charge in [0.2, 0.25) is 11.8 Å². The second kappa shape index (κ2) is 29.1. The summed E-state index contributed by atoms with van der Waals surface area (Å²) in [6.07, 6.45) is 8.62. The number of benzene rings is 5. The number of anilines is 5. The van der Waals surface area contributed by atoms with E-state index in [4.69, 9.17) is 24.7 Å². The molecule has 0 fully saturated rings. The van der Waals surface area contributed by atoms with E-state index in [1.165, 1.54) is 38.3 Å². The van der Waals surface area contributed by atoms with Crippen molar-refractivity contribution in [3.05, 3.63) is 124 Å². The zero-order chi connectivity index (χ0) is 52.0.